The van der Waals surface area contributed by atoms with Crippen LogP contribution in [0.25, 0.3) is 0 Å². The molecule has 3 saturated heterocycles. The monoisotopic (exact) mass is 518 g/mol. The number of aliphatic hydroxyl groups is 1. The first kappa shape index (κ1) is 24.9. The molecule has 3 unspecified atom stereocenters. The Hall–Kier alpha value is -1.73. The second kappa shape index (κ2) is 10.3. The quantitative estimate of drug-likeness (QED) is 0.516. The highest BCUT2D eigenvalue weighted by atomic mass is 35.5. The SMILES string of the molecule is CC1NC2=CC=CCC2C12CCN(CC(O)C1CCN(C(=O)Nc3ccc(Cl)c(Cl)c3)CC1)CC2. The predicted molar refractivity (Wildman–Crippen MR) is 142 cm³/mol. The first-order chi connectivity index (χ1) is 16.9. The van der Waals surface area contributed by atoms with Gasteiger partial charge in [-0.1, -0.05) is 35.4 Å². The van der Waals surface area contributed by atoms with E-state index in [2.05, 4.69) is 40.7 Å². The molecule has 1 aromatic carbocycles. The van der Waals surface area contributed by atoms with Gasteiger partial charge in [-0.2, -0.15) is 0 Å². The molecule has 3 atom stereocenters. The molecule has 5 rings (SSSR count). The molecule has 3 aliphatic heterocycles. The van der Waals surface area contributed by atoms with E-state index in [1.165, 1.54) is 18.5 Å². The van der Waals surface area contributed by atoms with Crippen molar-refractivity contribution in [3.63, 3.8) is 0 Å². The Morgan fingerprint density at radius 3 is 2.66 bits per heavy atom. The summed E-state index contributed by atoms with van der Waals surface area (Å²) < 4.78 is 0. The fourth-order valence-corrected chi connectivity index (χ4v) is 6.93. The number of allylic oxidation sites excluding steroid dienone is 4. The molecule has 6 nitrogen and oxygen atoms in total. The number of anilines is 1. The highest BCUT2D eigenvalue weighted by Gasteiger charge is 2.51. The number of nitrogens with one attached hydrogen (secondary N) is 2. The lowest BCUT2D eigenvalue weighted by molar-refractivity contribution is 0.00536. The van der Waals surface area contributed by atoms with Gasteiger partial charge >= 0.3 is 6.03 Å². The molecule has 2 amide bonds. The van der Waals surface area contributed by atoms with Crippen LogP contribution in [0.5, 0.6) is 0 Å². The third kappa shape index (κ3) is 5.08. The number of β-amino-alcohol motifs (C(OH)–C–C–N with tert-alkyl or cyclic N) is 1. The van der Waals surface area contributed by atoms with Crippen LogP contribution in [-0.4, -0.2) is 65.8 Å². The second-order valence-corrected chi connectivity index (χ2v) is 11.5. The van der Waals surface area contributed by atoms with E-state index < -0.39 is 0 Å². The third-order valence-electron chi connectivity index (χ3n) is 8.87. The van der Waals surface area contributed by atoms with E-state index >= 15 is 0 Å². The van der Waals surface area contributed by atoms with Crippen molar-refractivity contribution in [2.45, 2.75) is 51.2 Å². The van der Waals surface area contributed by atoms with Gasteiger partial charge in [-0.15, -0.1) is 0 Å². The van der Waals surface area contributed by atoms with Crippen LogP contribution in [-0.2, 0) is 0 Å². The Morgan fingerprint density at radius 2 is 1.94 bits per heavy atom. The van der Waals surface area contributed by atoms with E-state index in [1.807, 2.05) is 4.90 Å². The first-order valence-corrected chi connectivity index (χ1v) is 13.7. The number of likely N-dealkylation sites (tertiary alicyclic amines) is 2. The number of aliphatic hydroxyl groups excluding tert-OH is 1. The van der Waals surface area contributed by atoms with Gasteiger partial charge in [-0.25, -0.2) is 4.79 Å². The zero-order chi connectivity index (χ0) is 24.6. The largest absolute Gasteiger partial charge is 0.392 e. The van der Waals surface area contributed by atoms with Crippen LogP contribution in [0.4, 0.5) is 10.5 Å². The van der Waals surface area contributed by atoms with Crippen molar-refractivity contribution < 1.29 is 9.90 Å². The Balaban J connectivity index is 1.08. The Kier molecular flexibility index (Phi) is 7.36. The summed E-state index contributed by atoms with van der Waals surface area (Å²) in [7, 11) is 0. The summed E-state index contributed by atoms with van der Waals surface area (Å²) in [5.41, 5.74) is 2.39. The maximum atomic E-state index is 12.7. The topological polar surface area (TPSA) is 67.8 Å². The number of amides is 2. The molecule has 190 valence electrons. The van der Waals surface area contributed by atoms with E-state index in [9.17, 15) is 9.90 Å². The van der Waals surface area contributed by atoms with Gasteiger partial charge in [0.2, 0.25) is 0 Å². The summed E-state index contributed by atoms with van der Waals surface area (Å²) in [5.74, 6) is 0.846. The van der Waals surface area contributed by atoms with E-state index in [0.717, 1.165) is 38.9 Å². The number of halogens is 2. The van der Waals surface area contributed by atoms with Gasteiger partial charge in [-0.3, -0.25) is 0 Å². The Bertz CT molecular complexity index is 997. The lowest BCUT2D eigenvalue weighted by atomic mass is 9.65. The molecular weight excluding hydrogens is 483 g/mol. The molecule has 1 aliphatic carbocycles. The normalized spacial score (nSPS) is 27.3. The zero-order valence-corrected chi connectivity index (χ0v) is 21.9. The lowest BCUT2D eigenvalue weighted by Crippen LogP contribution is -2.50. The Labute approximate surface area is 218 Å². The molecule has 3 fully saturated rings. The fourth-order valence-electron chi connectivity index (χ4n) is 6.63. The minimum absolute atomic E-state index is 0.136. The summed E-state index contributed by atoms with van der Waals surface area (Å²) >= 11 is 12.0. The van der Waals surface area contributed by atoms with Crippen LogP contribution in [0, 0.1) is 17.3 Å². The van der Waals surface area contributed by atoms with Gasteiger partial charge < -0.3 is 25.5 Å². The molecule has 0 radical (unpaired) electrons. The molecule has 35 heavy (non-hydrogen) atoms. The highest BCUT2D eigenvalue weighted by Crippen LogP contribution is 2.51. The number of urea groups is 1. The summed E-state index contributed by atoms with van der Waals surface area (Å²) in [6, 6.07) is 5.45. The van der Waals surface area contributed by atoms with E-state index in [4.69, 9.17) is 23.2 Å². The van der Waals surface area contributed by atoms with Crippen molar-refractivity contribution in [2.24, 2.45) is 17.3 Å². The van der Waals surface area contributed by atoms with Crippen LogP contribution >= 0.6 is 23.2 Å². The molecule has 3 heterocycles. The van der Waals surface area contributed by atoms with Gasteiger partial charge in [0.05, 0.1) is 16.1 Å². The maximum absolute atomic E-state index is 12.7. The summed E-state index contributed by atoms with van der Waals surface area (Å²) in [4.78, 5) is 16.9. The van der Waals surface area contributed by atoms with Crippen molar-refractivity contribution in [1.82, 2.24) is 15.1 Å². The summed E-state index contributed by atoms with van der Waals surface area (Å²) in [6.07, 6.45) is 11.5. The smallest absolute Gasteiger partial charge is 0.321 e. The third-order valence-corrected chi connectivity index (χ3v) is 9.61. The average molecular weight is 520 g/mol. The molecule has 0 bridgehead atoms. The number of rotatable bonds is 4. The number of piperidine rings is 2. The molecule has 3 N–H and O–H groups in total. The number of carbonyl (C=O) groups is 1. The number of hydrogen-bond acceptors (Lipinski definition) is 4. The van der Waals surface area contributed by atoms with Crippen molar-refractivity contribution in [3.8, 4) is 0 Å². The van der Waals surface area contributed by atoms with Gasteiger partial charge in [0, 0.05) is 48.4 Å². The lowest BCUT2D eigenvalue weighted by Gasteiger charge is -2.46. The molecule has 0 saturated carbocycles. The van der Waals surface area contributed by atoms with Gasteiger partial charge in [0.25, 0.3) is 0 Å². The molecule has 1 aromatic rings. The number of fused-ring (bicyclic) bond motifs is 2. The van der Waals surface area contributed by atoms with E-state index in [0.29, 0.717) is 46.2 Å². The Morgan fingerprint density at radius 1 is 1.20 bits per heavy atom. The second-order valence-electron chi connectivity index (χ2n) is 10.7. The van der Waals surface area contributed by atoms with Crippen molar-refractivity contribution >= 4 is 34.9 Å². The van der Waals surface area contributed by atoms with Crippen molar-refractivity contribution in [1.29, 1.82) is 0 Å². The van der Waals surface area contributed by atoms with E-state index in [1.54, 1.807) is 18.2 Å². The number of hydrogen-bond donors (Lipinski definition) is 3. The zero-order valence-electron chi connectivity index (χ0n) is 20.4. The number of carbonyl (C=O) groups excluding carboxylic acids is 1. The van der Waals surface area contributed by atoms with Crippen molar-refractivity contribution in [3.05, 3.63) is 52.2 Å². The summed E-state index contributed by atoms with van der Waals surface area (Å²) in [6.45, 7) is 6.44. The predicted octanol–water partition coefficient (Wildman–Crippen LogP) is 5.13. The first-order valence-electron chi connectivity index (χ1n) is 12.9. The van der Waals surface area contributed by atoms with Crippen molar-refractivity contribution in [2.75, 3.05) is 38.0 Å². The minimum atomic E-state index is -0.350. The molecule has 8 heteroatoms. The maximum Gasteiger partial charge on any atom is 0.321 e. The fraction of sp³-hybridized carbons (Fsp3) is 0.593. The van der Waals surface area contributed by atoms with Crippen LogP contribution in [0.3, 0.4) is 0 Å². The molecule has 4 aliphatic rings. The number of benzene rings is 1. The summed E-state index contributed by atoms with van der Waals surface area (Å²) in [5, 5.41) is 18.5. The average Bonchev–Trinajstić information content (AvgIpc) is 3.13. The van der Waals surface area contributed by atoms with Gasteiger partial charge in [-0.05, 0) is 82.3 Å². The molecular formula is C27H36Cl2N4O2. The van der Waals surface area contributed by atoms with Crippen LogP contribution in [0.15, 0.2) is 42.1 Å². The molecule has 1 spiro atoms. The molecule has 0 aromatic heterocycles. The number of nitrogens with zero attached hydrogens (tertiary/aromatic N) is 2. The minimum Gasteiger partial charge on any atom is -0.392 e. The highest BCUT2D eigenvalue weighted by molar-refractivity contribution is 6.42. The van der Waals surface area contributed by atoms with Gasteiger partial charge in [0.1, 0.15) is 0 Å². The van der Waals surface area contributed by atoms with Gasteiger partial charge in [0.15, 0.2) is 0 Å². The van der Waals surface area contributed by atoms with Crippen LogP contribution in [0.2, 0.25) is 10.0 Å². The van der Waals surface area contributed by atoms with Crippen LogP contribution in [0.1, 0.15) is 39.0 Å². The van der Waals surface area contributed by atoms with Crippen LogP contribution < -0.4 is 10.6 Å². The standard InChI is InChI=1S/C27H36Cl2N4O2/c1-18-27(21-4-2-3-5-24(21)30-18)10-14-32(15-11-27)17-25(34)19-8-12-33(13-9-19)26(35)31-20-6-7-22(28)23(29)16-20/h2-3,5-7,16,18-19,21,25,30,34H,4,8-15,17H2,1H3,(H,31,35). The van der Waals surface area contributed by atoms with E-state index in [-0.39, 0.29) is 18.1 Å².